The summed E-state index contributed by atoms with van der Waals surface area (Å²) in [7, 11) is -1.78. The Kier molecular flexibility index (Phi) is 8.67. The predicted molar refractivity (Wildman–Crippen MR) is 170 cm³/mol. The van der Waals surface area contributed by atoms with Crippen LogP contribution in [0.1, 0.15) is 0 Å². The van der Waals surface area contributed by atoms with Gasteiger partial charge in [0.15, 0.2) is 0 Å². The molecule has 4 heteroatoms. The highest BCUT2D eigenvalue weighted by molar-refractivity contribution is 7.00. The quantitative estimate of drug-likeness (QED) is 0.283. The van der Waals surface area contributed by atoms with Crippen LogP contribution in [0, 0.1) is 0 Å². The highest BCUT2D eigenvalue weighted by Gasteiger charge is 2.32. The second kappa shape index (κ2) is 12.9. The Hall–Kier alpha value is -4.41. The van der Waals surface area contributed by atoms with Gasteiger partial charge in [0.05, 0.1) is 6.33 Å². The van der Waals surface area contributed by atoms with Gasteiger partial charge in [-0.1, -0.05) is 185 Å². The minimum absolute atomic E-state index is 0.309. The van der Waals surface area contributed by atoms with Gasteiger partial charge in [0.2, 0.25) is 6.71 Å². The maximum absolute atomic E-state index is 4.18. The molecule has 0 fully saturated rings. The lowest BCUT2D eigenvalue weighted by atomic mass is 9.37. The molecule has 0 bridgehead atoms. The van der Waals surface area contributed by atoms with Gasteiger partial charge in [-0.15, -0.1) is 0 Å². The molecule has 0 aliphatic heterocycles. The van der Waals surface area contributed by atoms with Gasteiger partial charge in [0.25, 0.3) is 0 Å². The second-order valence-corrected chi connectivity index (χ2v) is 14.1. The van der Waals surface area contributed by atoms with E-state index in [1.54, 1.807) is 0 Å². The number of imidazole rings is 1. The van der Waals surface area contributed by atoms with E-state index in [1.807, 2.05) is 12.5 Å². The molecule has 0 N–H and O–H groups in total. The fourth-order valence-electron chi connectivity index (χ4n) is 5.22. The molecule has 39 heavy (non-hydrogen) atoms. The van der Waals surface area contributed by atoms with Crippen molar-refractivity contribution in [2.24, 2.45) is 0 Å². The molecule has 1 heterocycles. The van der Waals surface area contributed by atoms with Crippen LogP contribution in [-0.2, 0) is 6.17 Å². The summed E-state index contributed by atoms with van der Waals surface area (Å²) in [6.07, 6.45) is 6.83. The van der Waals surface area contributed by atoms with Crippen molar-refractivity contribution in [1.29, 1.82) is 0 Å². The highest BCUT2D eigenvalue weighted by atomic mass is 28.3. The van der Waals surface area contributed by atoms with Crippen molar-refractivity contribution in [3.63, 3.8) is 0 Å². The van der Waals surface area contributed by atoms with E-state index < -0.39 is 8.07 Å². The summed E-state index contributed by atoms with van der Waals surface area (Å²) in [6, 6.07) is 53.8. The van der Waals surface area contributed by atoms with E-state index in [4.69, 9.17) is 0 Å². The molecule has 0 spiro atoms. The van der Waals surface area contributed by atoms with Crippen LogP contribution in [0.25, 0.3) is 0 Å². The van der Waals surface area contributed by atoms with Crippen molar-refractivity contribution in [3.8, 4) is 0 Å². The molecule has 0 atom stereocenters. The molecule has 190 valence electrons. The van der Waals surface area contributed by atoms with Crippen LogP contribution in [0.5, 0.6) is 0 Å². The van der Waals surface area contributed by atoms with E-state index in [1.165, 1.54) is 26.8 Å². The van der Waals surface area contributed by atoms with Crippen LogP contribution in [-0.4, -0.2) is 24.3 Å². The van der Waals surface area contributed by atoms with Crippen molar-refractivity contribution < 1.29 is 0 Å². The monoisotopic (exact) mass is 520 g/mol. The molecule has 0 saturated carbocycles. The van der Waals surface area contributed by atoms with Gasteiger partial charge in [0, 0.05) is 18.6 Å². The molecule has 6 rings (SSSR count). The van der Waals surface area contributed by atoms with Gasteiger partial charge in [-0.05, 0) is 0 Å². The lowest BCUT2D eigenvalue weighted by molar-refractivity contribution is 0.858. The van der Waals surface area contributed by atoms with E-state index in [2.05, 4.69) is 174 Å². The number of benzene rings is 5. The molecule has 0 aliphatic carbocycles. The van der Waals surface area contributed by atoms with Gasteiger partial charge in [-0.25, -0.2) is 4.98 Å². The molecule has 0 saturated heterocycles. The van der Waals surface area contributed by atoms with E-state index in [0.29, 0.717) is 6.71 Å². The summed E-state index contributed by atoms with van der Waals surface area (Å²) in [6.45, 7) is 2.74. The molecule has 0 radical (unpaired) electrons. The summed E-state index contributed by atoms with van der Waals surface area (Å²) < 4.78 is 2.20. The molecule has 5 aromatic carbocycles. The highest BCUT2D eigenvalue weighted by Crippen LogP contribution is 2.09. The van der Waals surface area contributed by atoms with Crippen molar-refractivity contribution in [2.45, 2.75) is 12.7 Å². The minimum Gasteiger partial charge on any atom is -0.340 e. The summed E-state index contributed by atoms with van der Waals surface area (Å²) in [5.74, 6) is 0. The maximum atomic E-state index is 4.18. The van der Waals surface area contributed by atoms with Gasteiger partial charge in [-0.3, -0.25) is 0 Å². The first-order valence-corrected chi connectivity index (χ1v) is 16.2. The zero-order valence-corrected chi connectivity index (χ0v) is 23.3. The molecule has 0 unspecified atom stereocenters. The minimum atomic E-state index is -1.78. The first-order valence-electron chi connectivity index (χ1n) is 13.5. The largest absolute Gasteiger partial charge is 0.340 e. The van der Waals surface area contributed by atoms with Crippen LogP contribution in [0.4, 0.5) is 0 Å². The average molecular weight is 521 g/mol. The fourth-order valence-corrected chi connectivity index (χ4v) is 8.69. The normalized spacial score (nSPS) is 10.8. The first-order chi connectivity index (χ1) is 19.2. The van der Waals surface area contributed by atoms with Gasteiger partial charge in [-0.2, -0.15) is 0 Å². The van der Waals surface area contributed by atoms with Crippen LogP contribution >= 0.6 is 0 Å². The number of hydrogen-bond acceptors (Lipinski definition) is 1. The Balaban J connectivity index is 0.000000158. The van der Waals surface area contributed by atoms with Crippen LogP contribution < -0.4 is 26.8 Å². The Morgan fingerprint density at radius 3 is 1.23 bits per heavy atom. The number of hydrogen-bond donors (Lipinski definition) is 0. The maximum Gasteiger partial charge on any atom is 0.241 e. The summed E-state index contributed by atoms with van der Waals surface area (Å²) in [5.41, 5.74) is 4.00. The number of rotatable bonds is 7. The SMILES string of the molecule is C[Si](Cn1ccnc1)(c1ccccc1)c1ccccc1.c1ccc(B(c2ccccc2)c2ccccc2)cc1. The summed E-state index contributed by atoms with van der Waals surface area (Å²) in [4.78, 5) is 4.18. The third-order valence-corrected chi connectivity index (χ3v) is 11.5. The molecule has 2 nitrogen and oxygen atoms in total. The topological polar surface area (TPSA) is 17.8 Å². The van der Waals surface area contributed by atoms with Crippen LogP contribution in [0.15, 0.2) is 170 Å². The fraction of sp³-hybridized carbons (Fsp3) is 0.0571. The number of nitrogens with zero attached hydrogens (tertiary/aromatic N) is 2. The zero-order valence-electron chi connectivity index (χ0n) is 22.3. The standard InChI is InChI=1S/C18H15B.C17H18N2Si/c1-4-10-16(11-5-1)19(17-12-6-2-7-13-17)18-14-8-3-9-15-18;1-20(15-19-13-12-18-14-19,16-8-4-2-5-9-16)17-10-6-3-7-11-17/h1-15H;2-14H,15H2,1H3. The van der Waals surface area contributed by atoms with Gasteiger partial charge in [0.1, 0.15) is 8.07 Å². The molecular formula is C35H33BN2Si. The van der Waals surface area contributed by atoms with Gasteiger partial charge >= 0.3 is 0 Å². The Labute approximate surface area is 233 Å². The molecule has 6 aromatic rings. The van der Waals surface area contributed by atoms with Crippen molar-refractivity contribution in [1.82, 2.24) is 9.55 Å². The van der Waals surface area contributed by atoms with Crippen molar-refractivity contribution >= 4 is 41.5 Å². The lowest BCUT2D eigenvalue weighted by Gasteiger charge is -2.29. The summed E-state index contributed by atoms with van der Waals surface area (Å²) >= 11 is 0. The molecule has 0 amide bonds. The second-order valence-electron chi connectivity index (χ2n) is 9.96. The van der Waals surface area contributed by atoms with Crippen molar-refractivity contribution in [2.75, 3.05) is 0 Å². The summed E-state index contributed by atoms with van der Waals surface area (Å²) in [5, 5.41) is 2.92. The van der Waals surface area contributed by atoms with Crippen LogP contribution in [0.2, 0.25) is 6.55 Å². The Morgan fingerprint density at radius 1 is 0.538 bits per heavy atom. The van der Waals surface area contributed by atoms with E-state index in [0.717, 1.165) is 6.17 Å². The molecule has 0 aliphatic rings. The zero-order chi connectivity index (χ0) is 26.8. The third-order valence-electron chi connectivity index (χ3n) is 7.28. The lowest BCUT2D eigenvalue weighted by Crippen LogP contribution is -2.58. The smallest absolute Gasteiger partial charge is 0.241 e. The Bertz CT molecular complexity index is 1380. The van der Waals surface area contributed by atoms with E-state index >= 15 is 0 Å². The number of aromatic nitrogens is 2. The average Bonchev–Trinajstić information content (AvgIpc) is 3.53. The third kappa shape index (κ3) is 6.54. The van der Waals surface area contributed by atoms with E-state index in [-0.39, 0.29) is 0 Å². The molecule has 1 aromatic heterocycles. The Morgan fingerprint density at radius 2 is 0.897 bits per heavy atom. The predicted octanol–water partition coefficient (Wildman–Crippen LogP) is 4.52. The van der Waals surface area contributed by atoms with Gasteiger partial charge < -0.3 is 4.57 Å². The first kappa shape index (κ1) is 26.2. The van der Waals surface area contributed by atoms with E-state index in [9.17, 15) is 0 Å². The molecular weight excluding hydrogens is 487 g/mol. The van der Waals surface area contributed by atoms with Crippen LogP contribution in [0.3, 0.4) is 0 Å². The van der Waals surface area contributed by atoms with Crippen molar-refractivity contribution in [3.05, 3.63) is 170 Å².